The van der Waals surface area contributed by atoms with Gasteiger partial charge >= 0.3 is 0 Å². The Bertz CT molecular complexity index is 763. The third kappa shape index (κ3) is 1.13. The highest BCUT2D eigenvalue weighted by atomic mass is 14.2. The van der Waals surface area contributed by atoms with Gasteiger partial charge in [-0.25, -0.2) is 0 Å². The summed E-state index contributed by atoms with van der Waals surface area (Å²) in [4.78, 5) is 0. The minimum absolute atomic E-state index is 1.35. The van der Waals surface area contributed by atoms with Gasteiger partial charge in [0, 0.05) is 6.42 Å². The number of hydrogen-bond donors (Lipinski definition) is 0. The van der Waals surface area contributed by atoms with Crippen molar-refractivity contribution in [1.82, 2.24) is 0 Å². The van der Waals surface area contributed by atoms with Crippen LogP contribution in [0.3, 0.4) is 0 Å². The van der Waals surface area contributed by atoms with Crippen molar-refractivity contribution in [2.24, 2.45) is 0 Å². The predicted octanol–water partition coefficient (Wildman–Crippen LogP) is 4.57. The molecule has 4 rings (SSSR count). The number of allylic oxidation sites excluding steroid dienone is 1. The van der Waals surface area contributed by atoms with Gasteiger partial charge in [0.05, 0.1) is 0 Å². The molecule has 0 fully saturated rings. The topological polar surface area (TPSA) is 0 Å². The van der Waals surface area contributed by atoms with Crippen LogP contribution in [0.5, 0.6) is 0 Å². The summed E-state index contributed by atoms with van der Waals surface area (Å²) in [5.41, 5.74) is 2.72. The molecule has 1 aliphatic rings. The molecule has 3 aromatic rings. The SMILES string of the molecule is [CH]1C=Cc2c1c1ccccc1c1ccccc21. The third-order valence-corrected chi connectivity index (χ3v) is 3.54. The Morgan fingerprint density at radius 3 is 1.71 bits per heavy atom. The normalized spacial score (nSPS) is 13.4. The minimum Gasteiger partial charge on any atom is -0.0754 e. The van der Waals surface area contributed by atoms with Gasteiger partial charge in [-0.2, -0.15) is 0 Å². The van der Waals surface area contributed by atoms with Crippen molar-refractivity contribution in [2.45, 2.75) is 0 Å². The van der Waals surface area contributed by atoms with Gasteiger partial charge in [-0.1, -0.05) is 60.7 Å². The molecule has 17 heavy (non-hydrogen) atoms. The van der Waals surface area contributed by atoms with E-state index in [0.717, 1.165) is 0 Å². The van der Waals surface area contributed by atoms with Gasteiger partial charge in [-0.05, 0) is 32.7 Å². The smallest absolute Gasteiger partial charge is 0.0138 e. The van der Waals surface area contributed by atoms with Gasteiger partial charge in [0.15, 0.2) is 0 Å². The molecule has 0 unspecified atom stereocenters. The van der Waals surface area contributed by atoms with E-state index in [9.17, 15) is 0 Å². The molecule has 1 aliphatic carbocycles. The summed E-state index contributed by atoms with van der Waals surface area (Å²) in [5, 5.41) is 5.40. The van der Waals surface area contributed by atoms with Crippen LogP contribution in [0.15, 0.2) is 54.6 Å². The maximum atomic E-state index is 2.21. The Hall–Kier alpha value is -2.08. The molecule has 0 heterocycles. The second kappa shape index (κ2) is 3.21. The van der Waals surface area contributed by atoms with Crippen molar-refractivity contribution in [2.75, 3.05) is 0 Å². The van der Waals surface area contributed by atoms with E-state index in [1.54, 1.807) is 0 Å². The molecule has 0 atom stereocenters. The van der Waals surface area contributed by atoms with Gasteiger partial charge in [-0.3, -0.25) is 0 Å². The van der Waals surface area contributed by atoms with Crippen LogP contribution in [-0.4, -0.2) is 0 Å². The second-order valence-electron chi connectivity index (χ2n) is 4.44. The fourth-order valence-corrected chi connectivity index (χ4v) is 2.80. The minimum atomic E-state index is 1.35. The first-order valence-corrected chi connectivity index (χ1v) is 5.90. The van der Waals surface area contributed by atoms with E-state index in [1.165, 1.54) is 32.7 Å². The number of fused-ring (bicyclic) bond motifs is 6. The number of hydrogen-bond acceptors (Lipinski definition) is 0. The van der Waals surface area contributed by atoms with Crippen molar-refractivity contribution in [3.8, 4) is 0 Å². The van der Waals surface area contributed by atoms with Crippen LogP contribution in [-0.2, 0) is 0 Å². The van der Waals surface area contributed by atoms with E-state index < -0.39 is 0 Å². The molecule has 0 nitrogen and oxygen atoms in total. The Kier molecular flexibility index (Phi) is 1.70. The Labute approximate surface area is 100 Å². The average Bonchev–Trinajstić information content (AvgIpc) is 2.89. The number of benzene rings is 3. The summed E-state index contributed by atoms with van der Waals surface area (Å²) >= 11 is 0. The lowest BCUT2D eigenvalue weighted by molar-refractivity contribution is 1.64. The van der Waals surface area contributed by atoms with Crippen LogP contribution >= 0.6 is 0 Å². The lowest BCUT2D eigenvalue weighted by atomic mass is 9.93. The lowest BCUT2D eigenvalue weighted by Crippen LogP contribution is -1.87. The van der Waals surface area contributed by atoms with Crippen LogP contribution < -0.4 is 0 Å². The van der Waals surface area contributed by atoms with Gasteiger partial charge < -0.3 is 0 Å². The van der Waals surface area contributed by atoms with E-state index >= 15 is 0 Å². The molecule has 0 saturated carbocycles. The molecule has 79 valence electrons. The molecule has 0 heteroatoms. The first-order valence-electron chi connectivity index (χ1n) is 5.90. The zero-order valence-corrected chi connectivity index (χ0v) is 9.35. The van der Waals surface area contributed by atoms with Crippen molar-refractivity contribution < 1.29 is 0 Å². The van der Waals surface area contributed by atoms with Gasteiger partial charge in [0.2, 0.25) is 0 Å². The zero-order chi connectivity index (χ0) is 11.2. The van der Waals surface area contributed by atoms with Gasteiger partial charge in [-0.15, -0.1) is 0 Å². The summed E-state index contributed by atoms with van der Waals surface area (Å²) in [5.74, 6) is 0. The molecule has 0 amide bonds. The zero-order valence-electron chi connectivity index (χ0n) is 9.35. The van der Waals surface area contributed by atoms with Gasteiger partial charge in [0.1, 0.15) is 0 Å². The van der Waals surface area contributed by atoms with Crippen molar-refractivity contribution >= 4 is 27.6 Å². The van der Waals surface area contributed by atoms with Crippen LogP contribution in [0.1, 0.15) is 11.1 Å². The van der Waals surface area contributed by atoms with E-state index in [-0.39, 0.29) is 0 Å². The second-order valence-corrected chi connectivity index (χ2v) is 4.44. The predicted molar refractivity (Wildman–Crippen MR) is 73.9 cm³/mol. The largest absolute Gasteiger partial charge is 0.0754 e. The van der Waals surface area contributed by atoms with E-state index in [4.69, 9.17) is 0 Å². The van der Waals surface area contributed by atoms with Crippen LogP contribution in [0, 0.1) is 6.42 Å². The highest BCUT2D eigenvalue weighted by Crippen LogP contribution is 2.37. The molecule has 0 spiro atoms. The fraction of sp³-hybridized carbons (Fsp3) is 0. The summed E-state index contributed by atoms with van der Waals surface area (Å²) in [7, 11) is 0. The summed E-state index contributed by atoms with van der Waals surface area (Å²) in [6.45, 7) is 0. The van der Waals surface area contributed by atoms with Crippen molar-refractivity contribution in [3.63, 3.8) is 0 Å². The number of rotatable bonds is 0. The highest BCUT2D eigenvalue weighted by Gasteiger charge is 2.14. The first kappa shape index (κ1) is 9.00. The van der Waals surface area contributed by atoms with E-state index in [2.05, 4.69) is 67.1 Å². The van der Waals surface area contributed by atoms with Crippen LogP contribution in [0.4, 0.5) is 0 Å². The van der Waals surface area contributed by atoms with Gasteiger partial charge in [0.25, 0.3) is 0 Å². The Morgan fingerprint density at radius 1 is 0.529 bits per heavy atom. The fourth-order valence-electron chi connectivity index (χ4n) is 2.80. The van der Waals surface area contributed by atoms with Crippen molar-refractivity contribution in [1.29, 1.82) is 0 Å². The molecule has 0 saturated heterocycles. The Morgan fingerprint density at radius 2 is 1.06 bits per heavy atom. The molecule has 3 aromatic carbocycles. The first-order chi connectivity index (χ1) is 8.45. The molecular formula is C17H11. The average molecular weight is 215 g/mol. The molecule has 0 aliphatic heterocycles. The molecular weight excluding hydrogens is 204 g/mol. The summed E-state index contributed by atoms with van der Waals surface area (Å²) in [6.07, 6.45) is 6.57. The third-order valence-electron chi connectivity index (χ3n) is 3.54. The molecule has 0 bridgehead atoms. The molecule has 0 aromatic heterocycles. The maximum Gasteiger partial charge on any atom is 0.0138 e. The molecule has 1 radical (unpaired) electrons. The van der Waals surface area contributed by atoms with E-state index in [1.807, 2.05) is 0 Å². The quantitative estimate of drug-likeness (QED) is 0.482. The van der Waals surface area contributed by atoms with Crippen LogP contribution in [0.25, 0.3) is 27.6 Å². The highest BCUT2D eigenvalue weighted by molar-refractivity contribution is 6.14. The summed E-state index contributed by atoms with van der Waals surface area (Å²) in [6, 6.07) is 17.3. The standard InChI is InChI=1S/C17H11/c1-3-8-14-12(6-1)13-7-2-4-9-15(13)17-11-5-10-16(14)17/h1-11H. The monoisotopic (exact) mass is 215 g/mol. The maximum absolute atomic E-state index is 2.21. The van der Waals surface area contributed by atoms with Crippen LogP contribution in [0.2, 0.25) is 0 Å². The summed E-state index contributed by atoms with van der Waals surface area (Å²) < 4.78 is 0. The van der Waals surface area contributed by atoms with E-state index in [0.29, 0.717) is 0 Å². The Balaban J connectivity index is 2.37. The molecule has 0 N–H and O–H groups in total. The van der Waals surface area contributed by atoms with Crippen molar-refractivity contribution in [3.05, 3.63) is 72.2 Å². The lowest BCUT2D eigenvalue weighted by Gasteiger charge is -2.10.